The van der Waals surface area contributed by atoms with Crippen LogP contribution < -0.4 is 0 Å². The lowest BCUT2D eigenvalue weighted by Gasteiger charge is -2.07. The standard InChI is InChI=1S/C12H13ClN2S2/c1-3-5-9-14-11(13)8(2)12(15-9)17-10-6-4-7-16-10/h4,6-7H,3,5H2,1-2H3. The molecule has 2 heterocycles. The van der Waals surface area contributed by atoms with Gasteiger partial charge in [-0.05, 0) is 24.8 Å². The first-order valence-corrected chi connectivity index (χ1v) is 7.52. The Bertz CT molecular complexity index is 497. The van der Waals surface area contributed by atoms with E-state index in [2.05, 4.69) is 28.3 Å². The van der Waals surface area contributed by atoms with Crippen LogP contribution in [-0.2, 0) is 6.42 Å². The molecule has 0 saturated carbocycles. The van der Waals surface area contributed by atoms with Gasteiger partial charge in [-0.3, -0.25) is 0 Å². The number of hydrogen-bond donors (Lipinski definition) is 0. The average Bonchev–Trinajstić information content (AvgIpc) is 2.78. The number of halogens is 1. The smallest absolute Gasteiger partial charge is 0.136 e. The van der Waals surface area contributed by atoms with E-state index in [1.54, 1.807) is 23.1 Å². The number of thiophene rings is 1. The fourth-order valence-corrected chi connectivity index (χ4v) is 3.39. The normalized spacial score (nSPS) is 10.8. The van der Waals surface area contributed by atoms with Crippen LogP contribution in [0.25, 0.3) is 0 Å². The quantitative estimate of drug-likeness (QED) is 0.767. The lowest BCUT2D eigenvalue weighted by Crippen LogP contribution is -1.99. The van der Waals surface area contributed by atoms with Crippen LogP contribution in [0.5, 0.6) is 0 Å². The molecule has 2 aromatic rings. The predicted octanol–water partition coefficient (Wildman–Crippen LogP) is 4.60. The minimum absolute atomic E-state index is 0.572. The van der Waals surface area contributed by atoms with Crippen LogP contribution in [0.2, 0.25) is 5.15 Å². The highest BCUT2D eigenvalue weighted by atomic mass is 35.5. The Morgan fingerprint density at radius 2 is 2.24 bits per heavy atom. The molecular formula is C12H13ClN2S2. The maximum absolute atomic E-state index is 6.13. The van der Waals surface area contributed by atoms with Crippen molar-refractivity contribution in [1.82, 2.24) is 9.97 Å². The van der Waals surface area contributed by atoms with Crippen molar-refractivity contribution < 1.29 is 0 Å². The van der Waals surface area contributed by atoms with E-state index in [0.717, 1.165) is 29.3 Å². The third-order valence-electron chi connectivity index (χ3n) is 2.25. The van der Waals surface area contributed by atoms with Crippen molar-refractivity contribution in [2.45, 2.75) is 35.9 Å². The van der Waals surface area contributed by atoms with Gasteiger partial charge in [0.2, 0.25) is 0 Å². The Morgan fingerprint density at radius 3 is 2.88 bits per heavy atom. The molecule has 0 saturated heterocycles. The van der Waals surface area contributed by atoms with Gasteiger partial charge in [0.15, 0.2) is 0 Å². The van der Waals surface area contributed by atoms with Gasteiger partial charge in [-0.1, -0.05) is 36.4 Å². The second-order valence-corrected chi connectivity index (χ2v) is 6.24. The zero-order valence-corrected chi connectivity index (χ0v) is 12.1. The minimum Gasteiger partial charge on any atom is -0.226 e. The summed E-state index contributed by atoms with van der Waals surface area (Å²) in [5.74, 6) is 0.835. The van der Waals surface area contributed by atoms with Gasteiger partial charge in [-0.15, -0.1) is 11.3 Å². The molecule has 2 rings (SSSR count). The van der Waals surface area contributed by atoms with Crippen LogP contribution in [0, 0.1) is 6.92 Å². The van der Waals surface area contributed by atoms with Crippen molar-refractivity contribution >= 4 is 34.7 Å². The molecule has 2 nitrogen and oxygen atoms in total. The Balaban J connectivity index is 2.31. The summed E-state index contributed by atoms with van der Waals surface area (Å²) >= 11 is 9.50. The topological polar surface area (TPSA) is 25.8 Å². The number of nitrogens with zero attached hydrogens (tertiary/aromatic N) is 2. The third kappa shape index (κ3) is 3.21. The van der Waals surface area contributed by atoms with Gasteiger partial charge in [0, 0.05) is 12.0 Å². The van der Waals surface area contributed by atoms with Gasteiger partial charge >= 0.3 is 0 Å². The molecule has 0 bridgehead atoms. The number of aryl methyl sites for hydroxylation is 1. The summed E-state index contributed by atoms with van der Waals surface area (Å²) in [4.78, 5) is 8.87. The first-order valence-electron chi connectivity index (χ1n) is 5.45. The SMILES string of the molecule is CCCc1nc(Cl)c(C)c(Sc2cccs2)n1. The zero-order valence-electron chi connectivity index (χ0n) is 9.74. The van der Waals surface area contributed by atoms with Crippen molar-refractivity contribution in [3.05, 3.63) is 34.1 Å². The summed E-state index contributed by atoms with van der Waals surface area (Å²) in [6, 6.07) is 4.13. The van der Waals surface area contributed by atoms with E-state index in [9.17, 15) is 0 Å². The molecule has 0 unspecified atom stereocenters. The second-order valence-electron chi connectivity index (χ2n) is 3.64. The van der Waals surface area contributed by atoms with Crippen molar-refractivity contribution in [3.8, 4) is 0 Å². The highest BCUT2D eigenvalue weighted by Gasteiger charge is 2.10. The fourth-order valence-electron chi connectivity index (χ4n) is 1.36. The minimum atomic E-state index is 0.572. The molecule has 17 heavy (non-hydrogen) atoms. The Hall–Kier alpha value is -0.580. The fraction of sp³-hybridized carbons (Fsp3) is 0.333. The molecule has 0 N–H and O–H groups in total. The van der Waals surface area contributed by atoms with E-state index in [0.29, 0.717) is 5.15 Å². The van der Waals surface area contributed by atoms with Crippen LogP contribution in [0.3, 0.4) is 0 Å². The maximum atomic E-state index is 6.13. The summed E-state index contributed by atoms with van der Waals surface area (Å²) in [6.07, 6.45) is 1.90. The van der Waals surface area contributed by atoms with Crippen molar-refractivity contribution in [2.24, 2.45) is 0 Å². The van der Waals surface area contributed by atoms with E-state index in [1.165, 1.54) is 4.21 Å². The molecule has 0 fully saturated rings. The molecule has 0 atom stereocenters. The molecular weight excluding hydrogens is 272 g/mol. The van der Waals surface area contributed by atoms with Gasteiger partial charge < -0.3 is 0 Å². The molecule has 90 valence electrons. The number of aromatic nitrogens is 2. The van der Waals surface area contributed by atoms with Crippen LogP contribution >= 0.6 is 34.7 Å². The third-order valence-corrected chi connectivity index (χ3v) is 4.75. The van der Waals surface area contributed by atoms with Crippen LogP contribution in [0.4, 0.5) is 0 Å². The summed E-state index contributed by atoms with van der Waals surface area (Å²) in [5.41, 5.74) is 0.963. The lowest BCUT2D eigenvalue weighted by molar-refractivity contribution is 0.802. The van der Waals surface area contributed by atoms with E-state index in [-0.39, 0.29) is 0 Å². The first-order chi connectivity index (χ1) is 8.20. The summed E-state index contributed by atoms with van der Waals surface area (Å²) in [5, 5.41) is 3.60. The number of hydrogen-bond acceptors (Lipinski definition) is 4. The molecule has 0 aromatic carbocycles. The molecule has 0 radical (unpaired) electrons. The maximum Gasteiger partial charge on any atom is 0.136 e. The van der Waals surface area contributed by atoms with Gasteiger partial charge in [0.05, 0.1) is 4.21 Å². The summed E-state index contributed by atoms with van der Waals surface area (Å²) in [6.45, 7) is 4.08. The lowest BCUT2D eigenvalue weighted by atomic mass is 10.3. The summed E-state index contributed by atoms with van der Waals surface area (Å²) < 4.78 is 1.23. The van der Waals surface area contributed by atoms with Crippen LogP contribution in [0.15, 0.2) is 26.7 Å². The largest absolute Gasteiger partial charge is 0.226 e. The van der Waals surface area contributed by atoms with Crippen molar-refractivity contribution in [3.63, 3.8) is 0 Å². The van der Waals surface area contributed by atoms with Crippen molar-refractivity contribution in [2.75, 3.05) is 0 Å². The van der Waals surface area contributed by atoms with E-state index < -0.39 is 0 Å². The molecule has 0 aliphatic heterocycles. The Kier molecular flexibility index (Phi) is 4.42. The van der Waals surface area contributed by atoms with E-state index in [4.69, 9.17) is 11.6 Å². The molecule has 0 spiro atoms. The first kappa shape index (κ1) is 12.9. The number of rotatable bonds is 4. The molecule has 0 aliphatic rings. The Morgan fingerprint density at radius 1 is 1.41 bits per heavy atom. The molecule has 5 heteroatoms. The highest BCUT2D eigenvalue weighted by Crippen LogP contribution is 2.33. The van der Waals surface area contributed by atoms with E-state index in [1.807, 2.05) is 13.0 Å². The monoisotopic (exact) mass is 284 g/mol. The average molecular weight is 285 g/mol. The van der Waals surface area contributed by atoms with E-state index >= 15 is 0 Å². The molecule has 0 amide bonds. The molecule has 0 aliphatic carbocycles. The van der Waals surface area contributed by atoms with Crippen molar-refractivity contribution in [1.29, 1.82) is 0 Å². The Labute approximate surface area is 114 Å². The van der Waals surface area contributed by atoms with Gasteiger partial charge in [-0.2, -0.15) is 0 Å². The second kappa shape index (κ2) is 5.85. The highest BCUT2D eigenvalue weighted by molar-refractivity contribution is 8.01. The van der Waals surface area contributed by atoms with Crippen LogP contribution in [-0.4, -0.2) is 9.97 Å². The van der Waals surface area contributed by atoms with Crippen LogP contribution in [0.1, 0.15) is 24.7 Å². The summed E-state index contributed by atoms with van der Waals surface area (Å²) in [7, 11) is 0. The van der Waals surface area contributed by atoms with Gasteiger partial charge in [0.25, 0.3) is 0 Å². The predicted molar refractivity (Wildman–Crippen MR) is 74.2 cm³/mol. The molecule has 2 aromatic heterocycles. The zero-order chi connectivity index (χ0) is 12.3. The van der Waals surface area contributed by atoms with Gasteiger partial charge in [0.1, 0.15) is 16.0 Å². The van der Waals surface area contributed by atoms with Gasteiger partial charge in [-0.25, -0.2) is 9.97 Å².